The Balaban J connectivity index is 1.52. The SMILES string of the molecule is C=CC1CC1(NC(=O)C1CC(C)(Oc2cc(-c3nc(C(C)C)cs3)nc3c(C)c(OC)ccc23)CN1C(=O)C(C)N)C(=O)NS(=O)[O-]. The summed E-state index contributed by atoms with van der Waals surface area (Å²) in [5, 5.41) is 6.14. The molecule has 6 atom stereocenters. The number of hydrogen-bond acceptors (Lipinski definition) is 11. The van der Waals surface area contributed by atoms with E-state index in [1.165, 1.54) is 29.2 Å². The van der Waals surface area contributed by atoms with Gasteiger partial charge in [0.2, 0.25) is 11.8 Å². The van der Waals surface area contributed by atoms with E-state index in [2.05, 4.69) is 25.7 Å². The number of carbonyl (C=O) groups is 3. The second-order valence-corrected chi connectivity index (χ2v) is 14.3. The molecule has 1 aliphatic carbocycles. The molecule has 2 aliphatic rings. The van der Waals surface area contributed by atoms with Gasteiger partial charge in [-0.1, -0.05) is 19.9 Å². The molecule has 0 radical (unpaired) electrons. The summed E-state index contributed by atoms with van der Waals surface area (Å²) in [6.45, 7) is 13.1. The van der Waals surface area contributed by atoms with Gasteiger partial charge in [-0.2, -0.15) is 0 Å². The standard InChI is InChI=1S/C32H40N6O7S2/c1-8-19-12-32(19,30(41)37-47(42)43)36-27(39)23-13-31(6,15-38(23)29(40)18(5)33)45-25-11-21(28-35-22(14-46-28)16(2)3)34-26-17(4)24(44-7)10-9-20(25)26/h8-11,14,16,18-19,23H,1,12-13,15,33H2,2-7H3,(H,36,39)(H,37,41)(H,42,43)/p-1. The van der Waals surface area contributed by atoms with Crippen LogP contribution in [0.1, 0.15) is 57.7 Å². The quantitative estimate of drug-likeness (QED) is 0.200. The fraction of sp³-hybridized carbons (Fsp3) is 0.469. The lowest BCUT2D eigenvalue weighted by molar-refractivity contribution is -0.140. The van der Waals surface area contributed by atoms with Crippen LogP contribution in [0, 0.1) is 12.8 Å². The number of nitrogens with two attached hydrogens (primary N) is 1. The van der Waals surface area contributed by atoms with Gasteiger partial charge in [0.25, 0.3) is 5.91 Å². The Bertz CT molecular complexity index is 1780. The summed E-state index contributed by atoms with van der Waals surface area (Å²) >= 11 is -1.40. The molecule has 6 unspecified atom stereocenters. The van der Waals surface area contributed by atoms with Gasteiger partial charge >= 0.3 is 0 Å². The number of rotatable bonds is 11. The van der Waals surface area contributed by atoms with Crippen LogP contribution in [-0.2, 0) is 25.7 Å². The van der Waals surface area contributed by atoms with E-state index in [0.29, 0.717) is 33.1 Å². The predicted octanol–water partition coefficient (Wildman–Crippen LogP) is 2.86. The first-order valence-electron chi connectivity index (χ1n) is 15.2. The average Bonchev–Trinajstić information content (AvgIpc) is 3.31. The molecule has 5 rings (SSSR count). The van der Waals surface area contributed by atoms with Crippen molar-refractivity contribution >= 4 is 51.2 Å². The third-order valence-electron chi connectivity index (χ3n) is 8.76. The van der Waals surface area contributed by atoms with Crippen LogP contribution in [0.4, 0.5) is 0 Å². The summed E-state index contributed by atoms with van der Waals surface area (Å²) in [7, 11) is 1.59. The number of methoxy groups -OCH3 is 1. The normalized spacial score (nSPS) is 24.9. The minimum absolute atomic E-state index is 0.0170. The van der Waals surface area contributed by atoms with E-state index >= 15 is 0 Å². The second kappa shape index (κ2) is 12.9. The number of fused-ring (bicyclic) bond motifs is 1. The molecule has 47 heavy (non-hydrogen) atoms. The Labute approximate surface area is 279 Å². The largest absolute Gasteiger partial charge is 0.755 e. The molecule has 3 amide bonds. The van der Waals surface area contributed by atoms with Crippen molar-refractivity contribution in [1.82, 2.24) is 24.9 Å². The first-order chi connectivity index (χ1) is 22.1. The third-order valence-corrected chi connectivity index (χ3v) is 10.00. The monoisotopic (exact) mass is 683 g/mol. The number of thiazole rings is 1. The topological polar surface area (TPSA) is 189 Å². The smallest absolute Gasteiger partial charge is 0.257 e. The van der Waals surface area contributed by atoms with Gasteiger partial charge in [0, 0.05) is 46.0 Å². The van der Waals surface area contributed by atoms with Gasteiger partial charge in [-0.05, 0) is 45.2 Å². The number of aromatic nitrogens is 2. The van der Waals surface area contributed by atoms with E-state index in [-0.39, 0.29) is 25.3 Å². The molecule has 1 saturated carbocycles. The summed E-state index contributed by atoms with van der Waals surface area (Å²) in [6, 6.07) is 3.52. The van der Waals surface area contributed by atoms with Crippen molar-refractivity contribution in [2.45, 2.75) is 76.6 Å². The van der Waals surface area contributed by atoms with Crippen LogP contribution in [-0.4, -0.2) is 78.2 Å². The van der Waals surface area contributed by atoms with E-state index < -0.39 is 58.1 Å². The predicted molar refractivity (Wildman–Crippen MR) is 177 cm³/mol. The number of pyridine rings is 1. The zero-order valence-electron chi connectivity index (χ0n) is 27.1. The first-order valence-corrected chi connectivity index (χ1v) is 17.1. The zero-order chi connectivity index (χ0) is 34.4. The van der Waals surface area contributed by atoms with Gasteiger partial charge < -0.3 is 30.0 Å². The molecule has 0 bridgehead atoms. The molecule has 1 saturated heterocycles. The van der Waals surface area contributed by atoms with Crippen molar-refractivity contribution in [2.24, 2.45) is 11.7 Å². The number of likely N-dealkylation sites (tertiary alicyclic amines) is 1. The van der Waals surface area contributed by atoms with Crippen LogP contribution in [0.5, 0.6) is 11.5 Å². The minimum Gasteiger partial charge on any atom is -0.755 e. The maximum atomic E-state index is 13.9. The lowest BCUT2D eigenvalue weighted by Gasteiger charge is -2.28. The fourth-order valence-electron chi connectivity index (χ4n) is 6.09. The summed E-state index contributed by atoms with van der Waals surface area (Å²) < 4.78 is 36.6. The molecule has 2 aromatic heterocycles. The summed E-state index contributed by atoms with van der Waals surface area (Å²) in [6.07, 6.45) is 1.71. The van der Waals surface area contributed by atoms with Gasteiger partial charge in [0.05, 0.1) is 30.9 Å². The minimum atomic E-state index is -2.88. The number of aryl methyl sites for hydroxylation is 1. The van der Waals surface area contributed by atoms with Gasteiger partial charge in [0.1, 0.15) is 39.4 Å². The van der Waals surface area contributed by atoms with Crippen LogP contribution in [0.2, 0.25) is 0 Å². The highest BCUT2D eigenvalue weighted by atomic mass is 32.2. The van der Waals surface area contributed by atoms with E-state index in [4.69, 9.17) is 25.2 Å². The molecule has 3 aromatic rings. The highest BCUT2D eigenvalue weighted by molar-refractivity contribution is 7.77. The molecule has 15 heteroatoms. The Morgan fingerprint density at radius 3 is 2.53 bits per heavy atom. The molecule has 1 aliphatic heterocycles. The van der Waals surface area contributed by atoms with E-state index in [1.807, 2.05) is 35.2 Å². The Morgan fingerprint density at radius 2 is 1.96 bits per heavy atom. The van der Waals surface area contributed by atoms with Gasteiger partial charge in [-0.3, -0.25) is 23.3 Å². The van der Waals surface area contributed by atoms with Gasteiger partial charge in [-0.15, -0.1) is 17.9 Å². The molecule has 1 aromatic carbocycles. The van der Waals surface area contributed by atoms with Crippen LogP contribution in [0.3, 0.4) is 0 Å². The van der Waals surface area contributed by atoms with Crippen LogP contribution in [0.15, 0.2) is 36.2 Å². The summed E-state index contributed by atoms with van der Waals surface area (Å²) in [5.41, 5.74) is 6.43. The van der Waals surface area contributed by atoms with Gasteiger partial charge in [-0.25, -0.2) is 9.97 Å². The molecule has 252 valence electrons. The van der Waals surface area contributed by atoms with Crippen molar-refractivity contribution < 1.29 is 32.6 Å². The first kappa shape index (κ1) is 34.4. The Morgan fingerprint density at radius 1 is 1.23 bits per heavy atom. The van der Waals surface area contributed by atoms with E-state index in [1.54, 1.807) is 14.0 Å². The number of hydrogen-bond donors (Lipinski definition) is 3. The van der Waals surface area contributed by atoms with Crippen LogP contribution < -0.4 is 25.2 Å². The van der Waals surface area contributed by atoms with Gasteiger partial charge in [0.15, 0.2) is 0 Å². The van der Waals surface area contributed by atoms with Crippen LogP contribution in [0.25, 0.3) is 21.6 Å². The number of carbonyl (C=O) groups excluding carboxylic acids is 3. The lowest BCUT2D eigenvalue weighted by Crippen LogP contribution is -2.57. The van der Waals surface area contributed by atoms with E-state index in [0.717, 1.165) is 11.3 Å². The highest BCUT2D eigenvalue weighted by Gasteiger charge is 2.61. The number of benzene rings is 1. The average molecular weight is 684 g/mol. The maximum Gasteiger partial charge on any atom is 0.257 e. The second-order valence-electron chi connectivity index (χ2n) is 12.7. The third kappa shape index (κ3) is 6.62. The molecule has 4 N–H and O–H groups in total. The zero-order valence-corrected chi connectivity index (χ0v) is 28.8. The molecular weight excluding hydrogens is 645 g/mol. The molecule has 3 heterocycles. The number of ether oxygens (including phenoxy) is 2. The highest BCUT2D eigenvalue weighted by Crippen LogP contribution is 2.46. The number of nitrogens with zero attached hydrogens (tertiary/aromatic N) is 3. The number of amides is 3. The Hall–Kier alpha value is -3.92. The summed E-state index contributed by atoms with van der Waals surface area (Å²) in [5.74, 6) is -1.10. The maximum absolute atomic E-state index is 13.9. The van der Waals surface area contributed by atoms with Crippen molar-refractivity contribution in [3.8, 4) is 22.2 Å². The fourth-order valence-corrected chi connectivity index (χ4v) is 7.36. The molecule has 13 nitrogen and oxygen atoms in total. The number of nitrogens with one attached hydrogen (secondary N) is 2. The van der Waals surface area contributed by atoms with Crippen LogP contribution >= 0.6 is 11.3 Å². The van der Waals surface area contributed by atoms with Crippen molar-refractivity contribution in [3.63, 3.8) is 0 Å². The van der Waals surface area contributed by atoms with Crippen molar-refractivity contribution in [3.05, 3.63) is 47.5 Å². The van der Waals surface area contributed by atoms with E-state index in [9.17, 15) is 23.1 Å². The van der Waals surface area contributed by atoms with Crippen molar-refractivity contribution in [2.75, 3.05) is 13.7 Å². The molecule has 0 spiro atoms. The molecule has 2 fully saturated rings. The lowest BCUT2D eigenvalue weighted by atomic mass is 10.0. The van der Waals surface area contributed by atoms with Crippen molar-refractivity contribution in [1.29, 1.82) is 0 Å². The Kier molecular flexibility index (Phi) is 9.48. The summed E-state index contributed by atoms with van der Waals surface area (Å²) in [4.78, 5) is 51.1. The molecular formula is C32H39N6O7S2-.